The first-order valence-electron chi connectivity index (χ1n) is 17.5. The van der Waals surface area contributed by atoms with E-state index in [0.717, 1.165) is 48.0 Å². The first-order valence-corrected chi connectivity index (χ1v) is 24.8. The standard InChI is InChI=1S/C26H26GeN.C16H26O2.Ir/c1-18-13-19(2)15-21(14-18)26-17-23(20-9-7-6-8-10-20)24-16-22(27(3,4)5)11-12-25(24)28-26;1-12(15(17)13-8-4-2-5-9-13)16(18)14-10-6-3-7-11-14;/h6-14,16-17H,1-5H3;13-14,17H,2-11H2,1H3;/q-1;;/b;15-12-;. The zero-order valence-electron chi connectivity index (χ0n) is 29.2. The van der Waals surface area contributed by atoms with Gasteiger partial charge >= 0.3 is 171 Å². The van der Waals surface area contributed by atoms with Crippen LogP contribution in [0.25, 0.3) is 33.3 Å². The molecule has 0 unspecified atom stereocenters. The van der Waals surface area contributed by atoms with Gasteiger partial charge in [-0.3, -0.25) is 4.79 Å². The van der Waals surface area contributed by atoms with Gasteiger partial charge in [-0.25, -0.2) is 0 Å². The molecule has 0 bridgehead atoms. The fourth-order valence-corrected chi connectivity index (χ4v) is 9.63. The van der Waals surface area contributed by atoms with Gasteiger partial charge in [0.05, 0.1) is 0 Å². The minimum atomic E-state index is -1.93. The Bertz CT molecular complexity index is 1670. The summed E-state index contributed by atoms with van der Waals surface area (Å²) in [7, 11) is 0. The molecular formula is C42H52GeIrNO2-. The van der Waals surface area contributed by atoms with Crippen LogP contribution < -0.4 is 4.40 Å². The van der Waals surface area contributed by atoms with Gasteiger partial charge in [0.25, 0.3) is 0 Å². The van der Waals surface area contributed by atoms with Gasteiger partial charge in [0.2, 0.25) is 0 Å². The zero-order chi connectivity index (χ0) is 32.8. The summed E-state index contributed by atoms with van der Waals surface area (Å²) in [5.41, 5.74) is 8.64. The molecule has 1 aromatic heterocycles. The number of aromatic nitrogens is 1. The number of allylic oxidation sites excluding steroid dienone is 2. The van der Waals surface area contributed by atoms with Crippen molar-refractivity contribution in [3.05, 3.63) is 95.3 Å². The summed E-state index contributed by atoms with van der Waals surface area (Å²) in [6, 6.07) is 27.6. The molecule has 0 saturated heterocycles. The van der Waals surface area contributed by atoms with E-state index in [0.29, 0.717) is 11.3 Å². The third-order valence-corrected chi connectivity index (χ3v) is 14.2. The number of aryl methyl sites for hydroxylation is 2. The van der Waals surface area contributed by atoms with Crippen molar-refractivity contribution in [2.24, 2.45) is 11.8 Å². The Morgan fingerprint density at radius 3 is 2.02 bits per heavy atom. The van der Waals surface area contributed by atoms with Crippen LogP contribution in [0.15, 0.2) is 78.1 Å². The van der Waals surface area contributed by atoms with Crippen LogP contribution in [0.4, 0.5) is 0 Å². The SMILES string of the molecule is C/C(C(=O)C1CCCCC1)=C(/O)C1CCCCC1.Cc1[c-]c(-c2cc(-c3ccccc3)c3c[c]([Ge]([CH3])([CH3])[CH3])ccc3n2)cc(C)c1.[Ir]. The molecule has 251 valence electrons. The number of aliphatic hydroxyl groups excluding tert-OH is 1. The molecule has 1 radical (unpaired) electrons. The van der Waals surface area contributed by atoms with E-state index in [9.17, 15) is 9.90 Å². The van der Waals surface area contributed by atoms with E-state index in [1.54, 1.807) is 0 Å². The fourth-order valence-electron chi connectivity index (χ4n) is 7.20. The van der Waals surface area contributed by atoms with Gasteiger partial charge in [0.1, 0.15) is 5.76 Å². The number of rotatable bonds is 6. The molecule has 0 amide bonds. The molecule has 4 aromatic rings. The van der Waals surface area contributed by atoms with Crippen LogP contribution in [0.5, 0.6) is 0 Å². The molecule has 2 fully saturated rings. The number of aliphatic hydroxyl groups is 1. The molecule has 47 heavy (non-hydrogen) atoms. The summed E-state index contributed by atoms with van der Waals surface area (Å²) < 4.78 is 1.51. The molecule has 3 aromatic carbocycles. The van der Waals surface area contributed by atoms with Crippen LogP contribution in [0, 0.1) is 31.7 Å². The van der Waals surface area contributed by atoms with E-state index >= 15 is 0 Å². The van der Waals surface area contributed by atoms with E-state index in [4.69, 9.17) is 4.98 Å². The Morgan fingerprint density at radius 2 is 1.43 bits per heavy atom. The monoisotopic (exact) mass is 869 g/mol. The van der Waals surface area contributed by atoms with Crippen LogP contribution in [-0.4, -0.2) is 29.1 Å². The normalized spacial score (nSPS) is 16.5. The number of ketones is 1. The summed E-state index contributed by atoms with van der Waals surface area (Å²) in [5.74, 6) is 8.39. The maximum Gasteiger partial charge on any atom is 0 e. The van der Waals surface area contributed by atoms with E-state index in [1.165, 1.54) is 65.0 Å². The number of carbonyl (C=O) groups is 1. The van der Waals surface area contributed by atoms with Crippen molar-refractivity contribution >= 4 is 34.3 Å². The van der Waals surface area contributed by atoms with Crippen molar-refractivity contribution in [3.8, 4) is 22.4 Å². The van der Waals surface area contributed by atoms with Crippen molar-refractivity contribution in [3.63, 3.8) is 0 Å². The number of carbonyl (C=O) groups excluding carboxylic acids is 1. The molecule has 3 nitrogen and oxygen atoms in total. The van der Waals surface area contributed by atoms with Crippen molar-refractivity contribution < 1.29 is 30.0 Å². The number of benzene rings is 3. The Kier molecular flexibility index (Phi) is 13.3. The number of nitrogens with zero attached hydrogens (tertiary/aromatic N) is 1. The van der Waals surface area contributed by atoms with Gasteiger partial charge in [-0.05, 0) is 32.6 Å². The smallest absolute Gasteiger partial charge is 0 e. The molecule has 1 N–H and O–H groups in total. The van der Waals surface area contributed by atoms with Gasteiger partial charge in [0, 0.05) is 37.5 Å². The predicted octanol–water partition coefficient (Wildman–Crippen LogP) is 11.1. The first kappa shape index (κ1) is 37.3. The molecule has 5 heteroatoms. The van der Waals surface area contributed by atoms with Crippen LogP contribution in [0.3, 0.4) is 0 Å². The second-order valence-corrected chi connectivity index (χ2v) is 25.4. The van der Waals surface area contributed by atoms with Gasteiger partial charge in [-0.1, -0.05) is 38.5 Å². The summed E-state index contributed by atoms with van der Waals surface area (Å²) in [5, 5.41) is 11.5. The number of hydrogen-bond acceptors (Lipinski definition) is 3. The molecule has 6 rings (SSSR count). The number of hydrogen-bond donors (Lipinski definition) is 1. The minimum Gasteiger partial charge on any atom is 0 e. The number of Topliss-reactive ketones (excluding diaryl/α,β-unsaturated/α-hetero) is 1. The van der Waals surface area contributed by atoms with E-state index in [1.807, 2.05) is 6.92 Å². The summed E-state index contributed by atoms with van der Waals surface area (Å²) in [4.78, 5) is 17.4. The van der Waals surface area contributed by atoms with Crippen molar-refractivity contribution in [1.29, 1.82) is 0 Å². The van der Waals surface area contributed by atoms with Crippen LogP contribution in [-0.2, 0) is 24.9 Å². The van der Waals surface area contributed by atoms with Gasteiger partial charge in [-0.15, -0.1) is 0 Å². The third kappa shape index (κ3) is 9.55. The molecule has 0 atom stereocenters. The quantitative estimate of drug-likeness (QED) is 0.0909. The van der Waals surface area contributed by atoms with Gasteiger partial charge in [0.15, 0.2) is 5.78 Å². The van der Waals surface area contributed by atoms with Gasteiger partial charge < -0.3 is 5.11 Å². The van der Waals surface area contributed by atoms with E-state index in [2.05, 4.69) is 104 Å². The van der Waals surface area contributed by atoms with Crippen LogP contribution in [0.2, 0.25) is 17.3 Å². The van der Waals surface area contributed by atoms with Gasteiger partial charge in [-0.2, -0.15) is 0 Å². The Hall–Kier alpha value is -2.53. The Morgan fingerprint density at radius 1 is 0.809 bits per heavy atom. The molecule has 1 heterocycles. The molecule has 0 spiro atoms. The molecule has 2 aliphatic rings. The fraction of sp³-hybridized carbons (Fsp3) is 0.429. The summed E-state index contributed by atoms with van der Waals surface area (Å²) >= 11 is -1.93. The van der Waals surface area contributed by atoms with Crippen molar-refractivity contribution in [2.75, 3.05) is 0 Å². The topological polar surface area (TPSA) is 50.2 Å². The number of pyridine rings is 1. The zero-order valence-corrected chi connectivity index (χ0v) is 33.7. The van der Waals surface area contributed by atoms with E-state index in [-0.39, 0.29) is 37.7 Å². The summed E-state index contributed by atoms with van der Waals surface area (Å²) in [6.07, 6.45) is 11.4. The second-order valence-electron chi connectivity index (χ2n) is 14.7. The summed E-state index contributed by atoms with van der Waals surface area (Å²) in [6.45, 7) is 6.06. The van der Waals surface area contributed by atoms with E-state index < -0.39 is 13.3 Å². The predicted molar refractivity (Wildman–Crippen MR) is 197 cm³/mol. The Labute approximate surface area is 299 Å². The first-order chi connectivity index (χ1) is 22.0. The molecular weight excluding hydrogens is 815 g/mol. The largest absolute Gasteiger partial charge is 0 e. The maximum atomic E-state index is 12.4. The van der Waals surface area contributed by atoms with Crippen LogP contribution in [0.1, 0.15) is 82.3 Å². The third-order valence-electron chi connectivity index (χ3n) is 9.91. The molecule has 2 aliphatic carbocycles. The Balaban J connectivity index is 0.000000229. The average molecular weight is 868 g/mol. The van der Waals surface area contributed by atoms with Crippen molar-refractivity contribution in [1.82, 2.24) is 4.98 Å². The minimum absolute atomic E-state index is 0. The van der Waals surface area contributed by atoms with Crippen molar-refractivity contribution in [2.45, 2.75) is 102 Å². The average Bonchev–Trinajstić information content (AvgIpc) is 3.07. The second kappa shape index (κ2) is 16.7. The number of fused-ring (bicyclic) bond motifs is 1. The maximum absolute atomic E-state index is 12.4. The molecule has 0 aliphatic heterocycles. The van der Waals surface area contributed by atoms with Crippen LogP contribution >= 0.6 is 0 Å². The molecule has 2 saturated carbocycles.